The highest BCUT2D eigenvalue weighted by Crippen LogP contribution is 2.43. The maximum Gasteiger partial charge on any atom is 0.0987 e. The molecule has 2 nitrogen and oxygen atoms in total. The fourth-order valence-corrected chi connectivity index (χ4v) is 18.2. The SMILES string of the molecule is CCCCOC(SSSC(OCCCC)[SiH](CC)CC)[SiH](CC)CC. The summed E-state index contributed by atoms with van der Waals surface area (Å²) in [6.45, 7) is 15.7. The Hall–Kier alpha value is 1.40. The van der Waals surface area contributed by atoms with Crippen molar-refractivity contribution >= 4 is 49.0 Å². The van der Waals surface area contributed by atoms with Gasteiger partial charge < -0.3 is 9.47 Å². The molecule has 0 spiro atoms. The highest BCUT2D eigenvalue weighted by atomic mass is 33.5. The molecule has 0 saturated heterocycles. The van der Waals surface area contributed by atoms with Crippen molar-refractivity contribution < 1.29 is 9.47 Å². The van der Waals surface area contributed by atoms with E-state index in [4.69, 9.17) is 9.47 Å². The maximum absolute atomic E-state index is 6.28. The number of ether oxygens (including phenoxy) is 2. The molecule has 0 amide bonds. The van der Waals surface area contributed by atoms with E-state index in [9.17, 15) is 0 Å². The van der Waals surface area contributed by atoms with Crippen LogP contribution in [0.5, 0.6) is 0 Å². The fraction of sp³-hybridized carbons (Fsp3) is 1.00. The lowest BCUT2D eigenvalue weighted by atomic mass is 10.4. The highest BCUT2D eigenvalue weighted by molar-refractivity contribution is 9.09. The summed E-state index contributed by atoms with van der Waals surface area (Å²) in [4.78, 5) is 0. The third-order valence-corrected chi connectivity index (χ3v) is 19.0. The molecule has 152 valence electrons. The lowest BCUT2D eigenvalue weighted by molar-refractivity contribution is 0.151. The molecule has 0 fully saturated rings. The van der Waals surface area contributed by atoms with Crippen LogP contribution in [-0.2, 0) is 9.47 Å². The van der Waals surface area contributed by atoms with Gasteiger partial charge >= 0.3 is 0 Å². The molecule has 0 rings (SSSR count). The molecule has 7 heteroatoms. The molecule has 0 aromatic heterocycles. The van der Waals surface area contributed by atoms with Gasteiger partial charge in [0.25, 0.3) is 0 Å². The molecular formula is C18H42O2S3Si2. The van der Waals surface area contributed by atoms with Gasteiger partial charge in [0, 0.05) is 13.2 Å². The maximum atomic E-state index is 6.28. The fourth-order valence-electron chi connectivity index (χ4n) is 2.62. The van der Waals surface area contributed by atoms with E-state index in [0.717, 1.165) is 13.2 Å². The van der Waals surface area contributed by atoms with Gasteiger partial charge in [0.2, 0.25) is 0 Å². The van der Waals surface area contributed by atoms with Crippen molar-refractivity contribution in [2.45, 2.75) is 102 Å². The Bertz CT molecular complexity index is 255. The van der Waals surface area contributed by atoms with Crippen LogP contribution in [0.25, 0.3) is 0 Å². The van der Waals surface area contributed by atoms with E-state index in [2.05, 4.69) is 41.5 Å². The van der Waals surface area contributed by atoms with E-state index >= 15 is 0 Å². The van der Waals surface area contributed by atoms with Crippen LogP contribution in [0.2, 0.25) is 24.2 Å². The smallest absolute Gasteiger partial charge is 0.0987 e. The Morgan fingerprint density at radius 3 is 1.28 bits per heavy atom. The standard InChI is InChI=1S/C18H42O2S3Si2/c1-7-13-15-19-17(24(9-3)10-4)21-23-22-18(20-16-14-8-2)25(11-5)12-6/h17-18,24-25H,7-16H2,1-6H3. The van der Waals surface area contributed by atoms with E-state index < -0.39 is 17.6 Å². The molecule has 0 N–H and O–H groups in total. The molecule has 0 heterocycles. The summed E-state index contributed by atoms with van der Waals surface area (Å²) in [7, 11) is 4.35. The van der Waals surface area contributed by atoms with Crippen molar-refractivity contribution in [2.75, 3.05) is 13.2 Å². The van der Waals surface area contributed by atoms with Crippen molar-refractivity contribution in [3.8, 4) is 0 Å². The minimum absolute atomic E-state index is 0.457. The van der Waals surface area contributed by atoms with Crippen molar-refractivity contribution in [3.63, 3.8) is 0 Å². The summed E-state index contributed by atoms with van der Waals surface area (Å²) in [6, 6.07) is 5.35. The predicted molar refractivity (Wildman–Crippen MR) is 128 cm³/mol. The van der Waals surface area contributed by atoms with Crippen LogP contribution in [0.3, 0.4) is 0 Å². The Balaban J connectivity index is 4.52. The molecule has 0 aromatic rings. The van der Waals surface area contributed by atoms with Crippen molar-refractivity contribution in [2.24, 2.45) is 0 Å². The van der Waals surface area contributed by atoms with Crippen LogP contribution >= 0.6 is 31.4 Å². The van der Waals surface area contributed by atoms with E-state index in [1.165, 1.54) is 49.9 Å². The number of hydrogen-bond acceptors (Lipinski definition) is 5. The average molecular weight is 443 g/mol. The molecule has 2 unspecified atom stereocenters. The Morgan fingerprint density at radius 1 is 0.640 bits per heavy atom. The molecule has 0 aliphatic heterocycles. The molecule has 2 atom stereocenters. The van der Waals surface area contributed by atoms with Gasteiger partial charge in [-0.15, -0.1) is 0 Å². The lowest BCUT2D eigenvalue weighted by Gasteiger charge is -2.26. The van der Waals surface area contributed by atoms with Crippen LogP contribution in [0.15, 0.2) is 0 Å². The van der Waals surface area contributed by atoms with Gasteiger partial charge in [0.1, 0.15) is 0 Å². The minimum Gasteiger partial charge on any atom is -0.371 e. The zero-order valence-electron chi connectivity index (χ0n) is 17.4. The molecule has 0 radical (unpaired) electrons. The number of hydrogen-bond donors (Lipinski definition) is 0. The number of unbranched alkanes of at least 4 members (excludes halogenated alkanes) is 2. The average Bonchev–Trinajstić information content (AvgIpc) is 2.63. The molecule has 25 heavy (non-hydrogen) atoms. The summed E-state index contributed by atoms with van der Waals surface area (Å²) in [5.41, 5.74) is 0. The normalized spacial score (nSPS) is 14.4. The Labute approximate surface area is 172 Å². The minimum atomic E-state index is -0.802. The van der Waals surface area contributed by atoms with Crippen molar-refractivity contribution in [1.29, 1.82) is 0 Å². The third kappa shape index (κ3) is 12.5. The van der Waals surface area contributed by atoms with E-state index in [1.54, 1.807) is 0 Å². The van der Waals surface area contributed by atoms with Crippen molar-refractivity contribution in [1.82, 2.24) is 0 Å². The topological polar surface area (TPSA) is 18.5 Å². The van der Waals surface area contributed by atoms with Gasteiger partial charge in [-0.1, -0.05) is 100 Å². The molecule has 0 saturated carbocycles. The summed E-state index contributed by atoms with van der Waals surface area (Å²) in [5.74, 6) is 0. The largest absolute Gasteiger partial charge is 0.371 e. The third-order valence-electron chi connectivity index (χ3n) is 4.70. The second-order valence-electron chi connectivity index (χ2n) is 6.60. The summed E-state index contributed by atoms with van der Waals surface area (Å²) < 4.78 is 12.6. The monoisotopic (exact) mass is 442 g/mol. The molecule has 0 aliphatic rings. The van der Waals surface area contributed by atoms with E-state index in [-0.39, 0.29) is 0 Å². The second kappa shape index (κ2) is 18.8. The zero-order valence-corrected chi connectivity index (χ0v) is 22.2. The van der Waals surface area contributed by atoms with Gasteiger partial charge in [-0.05, 0) is 22.7 Å². The van der Waals surface area contributed by atoms with Gasteiger partial charge in [-0.2, -0.15) is 0 Å². The first kappa shape index (κ1) is 26.4. The lowest BCUT2D eigenvalue weighted by Crippen LogP contribution is -2.30. The van der Waals surface area contributed by atoms with Gasteiger partial charge in [-0.25, -0.2) is 0 Å². The first-order valence-corrected chi connectivity index (χ1v) is 18.6. The Kier molecular flexibility index (Phi) is 19.8. The van der Waals surface area contributed by atoms with Gasteiger partial charge in [0.05, 0.1) is 27.7 Å². The van der Waals surface area contributed by atoms with Gasteiger partial charge in [-0.3, -0.25) is 0 Å². The first-order chi connectivity index (χ1) is 12.2. The quantitative estimate of drug-likeness (QED) is 0.0989. The molecule has 0 aliphatic carbocycles. The van der Waals surface area contributed by atoms with Crippen LogP contribution in [-0.4, -0.2) is 40.9 Å². The van der Waals surface area contributed by atoms with Gasteiger partial charge in [0.15, 0.2) is 0 Å². The summed E-state index contributed by atoms with van der Waals surface area (Å²) in [5, 5.41) is 0.914. The van der Waals surface area contributed by atoms with Crippen LogP contribution in [0.4, 0.5) is 0 Å². The summed E-state index contributed by atoms with van der Waals surface area (Å²) >= 11 is 0. The highest BCUT2D eigenvalue weighted by Gasteiger charge is 2.25. The zero-order chi connectivity index (χ0) is 18.9. The van der Waals surface area contributed by atoms with Crippen molar-refractivity contribution in [3.05, 3.63) is 0 Å². The summed E-state index contributed by atoms with van der Waals surface area (Å²) in [6.07, 6.45) is 4.81. The second-order valence-corrected chi connectivity index (χ2v) is 19.3. The van der Waals surface area contributed by atoms with Crippen LogP contribution < -0.4 is 0 Å². The number of rotatable bonds is 18. The molecule has 0 bridgehead atoms. The van der Waals surface area contributed by atoms with E-state index in [1.807, 2.05) is 31.4 Å². The Morgan fingerprint density at radius 2 is 1.00 bits per heavy atom. The van der Waals surface area contributed by atoms with E-state index in [0.29, 0.717) is 10.1 Å². The first-order valence-electron chi connectivity index (χ1n) is 10.4. The molecular weight excluding hydrogens is 401 g/mol. The van der Waals surface area contributed by atoms with Crippen LogP contribution in [0.1, 0.15) is 67.2 Å². The van der Waals surface area contributed by atoms with Crippen LogP contribution in [0, 0.1) is 0 Å². The predicted octanol–water partition coefficient (Wildman–Crippen LogP) is 6.91. The molecule has 0 aromatic carbocycles.